The van der Waals surface area contributed by atoms with E-state index >= 15 is 0 Å². The molecule has 0 aliphatic heterocycles. The van der Waals surface area contributed by atoms with Gasteiger partial charge in [-0.05, 0) is 29.7 Å². The number of aliphatic hydroxyl groups is 1. The smallest absolute Gasteiger partial charge is 0.425 e. The van der Waals surface area contributed by atoms with Gasteiger partial charge < -0.3 is 9.84 Å². The first kappa shape index (κ1) is 17.1. The van der Waals surface area contributed by atoms with Gasteiger partial charge in [0.05, 0.1) is 6.61 Å². The Morgan fingerprint density at radius 1 is 1.12 bits per heavy atom. The molecule has 2 unspecified atom stereocenters. The second-order valence-electron chi connectivity index (χ2n) is 6.92. The second kappa shape index (κ2) is 5.84. The van der Waals surface area contributed by atoms with Crippen molar-refractivity contribution >= 4 is 5.78 Å². The Hall–Kier alpha value is -2.34. The van der Waals surface area contributed by atoms with Crippen LogP contribution in [0.3, 0.4) is 0 Å². The van der Waals surface area contributed by atoms with Crippen molar-refractivity contribution in [3.8, 4) is 16.9 Å². The number of carbonyl (C=O) groups excluding carboxylic acids is 1. The average Bonchev–Trinajstić information content (AvgIpc) is 3.13. The van der Waals surface area contributed by atoms with Crippen LogP contribution in [-0.2, 0) is 10.4 Å². The lowest BCUT2D eigenvalue weighted by Crippen LogP contribution is -2.41. The average molecular weight is 362 g/mol. The predicted octanol–water partition coefficient (Wildman–Crippen LogP) is 4.21. The van der Waals surface area contributed by atoms with E-state index in [1.807, 2.05) is 0 Å². The van der Waals surface area contributed by atoms with Crippen molar-refractivity contribution in [3.05, 3.63) is 53.6 Å². The molecule has 26 heavy (non-hydrogen) atoms. The summed E-state index contributed by atoms with van der Waals surface area (Å²) >= 11 is 0. The lowest BCUT2D eigenvalue weighted by atomic mass is 9.90. The van der Waals surface area contributed by atoms with Crippen molar-refractivity contribution in [2.75, 3.05) is 6.61 Å². The standard InChI is InChI=1S/C20H17F3O3/c21-20(22,23)19(25)17-4-2-1-3-15(17)16-8-7-14(10-18(16)19)26-11-12-5-6-13(24)9-12/h1-4,7-8,10,12,25H,5-6,9,11H2. The zero-order valence-corrected chi connectivity index (χ0v) is 13.8. The van der Waals surface area contributed by atoms with Crippen molar-refractivity contribution in [1.82, 2.24) is 0 Å². The van der Waals surface area contributed by atoms with E-state index in [4.69, 9.17) is 4.74 Å². The summed E-state index contributed by atoms with van der Waals surface area (Å²) in [6.07, 6.45) is -3.14. The van der Waals surface area contributed by atoms with Gasteiger partial charge >= 0.3 is 6.18 Å². The maximum Gasteiger partial charge on any atom is 0.425 e. The molecule has 0 aromatic heterocycles. The molecule has 0 radical (unpaired) electrons. The molecule has 0 spiro atoms. The third kappa shape index (κ3) is 2.51. The van der Waals surface area contributed by atoms with E-state index in [2.05, 4.69) is 0 Å². The fraction of sp³-hybridized carbons (Fsp3) is 0.350. The molecule has 0 saturated heterocycles. The molecule has 3 nitrogen and oxygen atoms in total. The van der Waals surface area contributed by atoms with Gasteiger partial charge in [-0.25, -0.2) is 0 Å². The Balaban J connectivity index is 1.69. The molecule has 2 aliphatic rings. The van der Waals surface area contributed by atoms with E-state index in [0.29, 0.717) is 24.0 Å². The number of carbonyl (C=O) groups is 1. The van der Waals surface area contributed by atoms with Crippen LogP contribution in [0.15, 0.2) is 42.5 Å². The van der Waals surface area contributed by atoms with Crippen LogP contribution in [0, 0.1) is 5.92 Å². The van der Waals surface area contributed by atoms with Crippen LogP contribution in [0.4, 0.5) is 13.2 Å². The van der Waals surface area contributed by atoms with Crippen LogP contribution in [0.1, 0.15) is 30.4 Å². The Labute approximate surface area is 148 Å². The molecule has 1 fully saturated rings. The summed E-state index contributed by atoms with van der Waals surface area (Å²) in [5.74, 6) is 0.544. The number of benzene rings is 2. The SMILES string of the molecule is O=C1CCC(COc2ccc3c(c2)C(O)(C(F)(F)F)c2ccccc2-3)C1. The maximum absolute atomic E-state index is 13.8. The minimum Gasteiger partial charge on any atom is -0.493 e. The van der Waals surface area contributed by atoms with Gasteiger partial charge in [0.25, 0.3) is 0 Å². The molecule has 0 bridgehead atoms. The van der Waals surface area contributed by atoms with Crippen molar-refractivity contribution in [1.29, 1.82) is 0 Å². The van der Waals surface area contributed by atoms with Gasteiger partial charge in [-0.15, -0.1) is 0 Å². The highest BCUT2D eigenvalue weighted by Crippen LogP contribution is 2.55. The van der Waals surface area contributed by atoms with E-state index in [1.54, 1.807) is 24.3 Å². The summed E-state index contributed by atoms with van der Waals surface area (Å²) in [5, 5.41) is 10.6. The van der Waals surface area contributed by atoms with Gasteiger partial charge in [0, 0.05) is 29.9 Å². The molecule has 136 valence electrons. The Bertz CT molecular complexity index is 875. The quantitative estimate of drug-likeness (QED) is 0.890. The second-order valence-corrected chi connectivity index (χ2v) is 6.92. The van der Waals surface area contributed by atoms with Crippen LogP contribution in [0.25, 0.3) is 11.1 Å². The molecule has 2 aromatic carbocycles. The van der Waals surface area contributed by atoms with Crippen LogP contribution >= 0.6 is 0 Å². The summed E-state index contributed by atoms with van der Waals surface area (Å²) in [6.45, 7) is 0.280. The van der Waals surface area contributed by atoms with Crippen LogP contribution in [0.2, 0.25) is 0 Å². The maximum atomic E-state index is 13.8. The summed E-state index contributed by atoms with van der Waals surface area (Å²) in [7, 11) is 0. The number of Topliss-reactive ketones (excluding diaryl/α,β-unsaturated/α-hetero) is 1. The highest BCUT2D eigenvalue weighted by atomic mass is 19.4. The van der Waals surface area contributed by atoms with Crippen molar-refractivity contribution in [2.24, 2.45) is 5.92 Å². The molecule has 4 rings (SSSR count). The normalized spacial score (nSPS) is 24.5. The Morgan fingerprint density at radius 2 is 1.85 bits per heavy atom. The summed E-state index contributed by atoms with van der Waals surface area (Å²) in [4.78, 5) is 11.3. The highest BCUT2D eigenvalue weighted by molar-refractivity contribution is 5.81. The lowest BCUT2D eigenvalue weighted by Gasteiger charge is -2.28. The molecule has 0 amide bonds. The molecule has 2 aliphatic carbocycles. The molecule has 1 N–H and O–H groups in total. The van der Waals surface area contributed by atoms with Gasteiger partial charge in [0.2, 0.25) is 5.60 Å². The number of fused-ring (bicyclic) bond motifs is 3. The number of rotatable bonds is 3. The number of halogens is 3. The number of hydrogen-bond acceptors (Lipinski definition) is 3. The van der Waals surface area contributed by atoms with E-state index in [-0.39, 0.29) is 35.2 Å². The monoisotopic (exact) mass is 362 g/mol. The number of ketones is 1. The summed E-state index contributed by atoms with van der Waals surface area (Å²) in [6, 6.07) is 10.4. The zero-order valence-electron chi connectivity index (χ0n) is 13.8. The van der Waals surface area contributed by atoms with E-state index in [9.17, 15) is 23.1 Å². The van der Waals surface area contributed by atoms with Crippen molar-refractivity contribution < 1.29 is 27.8 Å². The topological polar surface area (TPSA) is 46.5 Å². The Morgan fingerprint density at radius 3 is 2.54 bits per heavy atom. The van der Waals surface area contributed by atoms with Gasteiger partial charge in [-0.1, -0.05) is 30.3 Å². The molecule has 1 saturated carbocycles. The van der Waals surface area contributed by atoms with E-state index in [0.717, 1.165) is 6.42 Å². The minimum absolute atomic E-state index is 0.0921. The number of ether oxygens (including phenoxy) is 1. The van der Waals surface area contributed by atoms with E-state index in [1.165, 1.54) is 18.2 Å². The first-order valence-electron chi connectivity index (χ1n) is 8.48. The molecule has 2 aromatic rings. The van der Waals surface area contributed by atoms with Crippen LogP contribution < -0.4 is 4.74 Å². The third-order valence-electron chi connectivity index (χ3n) is 5.23. The number of alkyl halides is 3. The predicted molar refractivity (Wildman–Crippen MR) is 88.8 cm³/mol. The lowest BCUT2D eigenvalue weighted by molar-refractivity contribution is -0.246. The fourth-order valence-corrected chi connectivity index (χ4v) is 3.88. The van der Waals surface area contributed by atoms with Gasteiger partial charge in [-0.2, -0.15) is 13.2 Å². The van der Waals surface area contributed by atoms with Crippen molar-refractivity contribution in [2.45, 2.75) is 31.0 Å². The highest BCUT2D eigenvalue weighted by Gasteiger charge is 2.60. The molecule has 0 heterocycles. The Kier molecular flexibility index (Phi) is 3.84. The van der Waals surface area contributed by atoms with Crippen LogP contribution in [0.5, 0.6) is 5.75 Å². The summed E-state index contributed by atoms with van der Waals surface area (Å²) < 4.78 is 47.0. The molecule has 6 heteroatoms. The van der Waals surface area contributed by atoms with E-state index < -0.39 is 11.8 Å². The third-order valence-corrected chi connectivity index (χ3v) is 5.23. The zero-order chi connectivity index (χ0) is 18.5. The number of hydrogen-bond donors (Lipinski definition) is 1. The first-order chi connectivity index (χ1) is 12.3. The summed E-state index contributed by atoms with van der Waals surface area (Å²) in [5.41, 5.74) is -2.71. The molecule has 2 atom stereocenters. The fourth-order valence-electron chi connectivity index (χ4n) is 3.88. The van der Waals surface area contributed by atoms with Crippen LogP contribution in [-0.4, -0.2) is 23.7 Å². The van der Waals surface area contributed by atoms with Crippen molar-refractivity contribution in [3.63, 3.8) is 0 Å². The van der Waals surface area contributed by atoms with Gasteiger partial charge in [0.15, 0.2) is 0 Å². The first-order valence-corrected chi connectivity index (χ1v) is 8.48. The largest absolute Gasteiger partial charge is 0.493 e. The molecular formula is C20H17F3O3. The van der Waals surface area contributed by atoms with Gasteiger partial charge in [0.1, 0.15) is 11.5 Å². The minimum atomic E-state index is -4.86. The molecular weight excluding hydrogens is 345 g/mol. The van der Waals surface area contributed by atoms with Gasteiger partial charge in [-0.3, -0.25) is 4.79 Å².